The molecule has 116 valence electrons. The molecule has 2 rings (SSSR count). The minimum absolute atomic E-state index is 0.0564. The number of hydrogen-bond acceptors (Lipinski definition) is 4. The normalized spacial score (nSPS) is 10.1. The largest absolute Gasteiger partial charge is 0.495 e. The number of hydrogen-bond donors (Lipinski definition) is 2. The average molecular weight is 300 g/mol. The van der Waals surface area contributed by atoms with Crippen molar-refractivity contribution in [2.24, 2.45) is 0 Å². The third kappa shape index (κ3) is 4.15. The summed E-state index contributed by atoms with van der Waals surface area (Å²) in [6, 6.07) is 12.8. The van der Waals surface area contributed by atoms with Gasteiger partial charge in [0.05, 0.1) is 12.8 Å². The summed E-state index contributed by atoms with van der Waals surface area (Å²) in [4.78, 5) is 11.9. The van der Waals surface area contributed by atoms with Gasteiger partial charge in [-0.25, -0.2) is 0 Å². The van der Waals surface area contributed by atoms with Gasteiger partial charge in [-0.15, -0.1) is 0 Å². The van der Waals surface area contributed by atoms with Crippen molar-refractivity contribution >= 4 is 17.3 Å². The first-order valence-electron chi connectivity index (χ1n) is 7.07. The Balaban J connectivity index is 1.91. The maximum absolute atomic E-state index is 11.9. The van der Waals surface area contributed by atoms with Crippen LogP contribution in [0, 0.1) is 0 Å². The van der Waals surface area contributed by atoms with E-state index >= 15 is 0 Å². The lowest BCUT2D eigenvalue weighted by molar-refractivity contribution is -0.118. The van der Waals surface area contributed by atoms with Crippen LogP contribution in [0.4, 0.5) is 11.4 Å². The van der Waals surface area contributed by atoms with Crippen LogP contribution in [-0.4, -0.2) is 19.6 Å². The van der Waals surface area contributed by atoms with Crippen LogP contribution in [0.5, 0.6) is 11.5 Å². The third-order valence-corrected chi connectivity index (χ3v) is 3.19. The molecular weight excluding hydrogens is 280 g/mol. The van der Waals surface area contributed by atoms with Crippen molar-refractivity contribution in [1.82, 2.24) is 0 Å². The first kappa shape index (κ1) is 15.7. The summed E-state index contributed by atoms with van der Waals surface area (Å²) in [5.41, 5.74) is 8.04. The quantitative estimate of drug-likeness (QED) is 0.805. The highest BCUT2D eigenvalue weighted by molar-refractivity contribution is 5.92. The number of nitrogens with one attached hydrogen (secondary N) is 1. The van der Waals surface area contributed by atoms with Crippen LogP contribution in [-0.2, 0) is 11.2 Å². The Morgan fingerprint density at radius 3 is 2.73 bits per heavy atom. The molecule has 2 aromatic carbocycles. The average Bonchev–Trinajstić information content (AvgIpc) is 2.53. The van der Waals surface area contributed by atoms with Crippen molar-refractivity contribution in [3.05, 3.63) is 48.0 Å². The Morgan fingerprint density at radius 1 is 1.23 bits per heavy atom. The number of nitrogens with two attached hydrogens (primary N) is 1. The van der Waals surface area contributed by atoms with Gasteiger partial charge >= 0.3 is 0 Å². The molecule has 0 atom stereocenters. The molecule has 2 aromatic rings. The zero-order valence-electron chi connectivity index (χ0n) is 12.8. The van der Waals surface area contributed by atoms with Crippen molar-refractivity contribution in [2.75, 3.05) is 24.8 Å². The van der Waals surface area contributed by atoms with E-state index in [2.05, 4.69) is 12.2 Å². The summed E-state index contributed by atoms with van der Waals surface area (Å²) in [6.07, 6.45) is 0.925. The molecule has 1 amide bonds. The smallest absolute Gasteiger partial charge is 0.262 e. The number of carbonyl (C=O) groups excluding carboxylic acids is 1. The SMILES string of the molecule is CCc1cccc(OCC(=O)Nc2ccc(OC)c(N)c2)c1. The maximum atomic E-state index is 11.9. The van der Waals surface area contributed by atoms with E-state index in [1.54, 1.807) is 25.3 Å². The molecule has 22 heavy (non-hydrogen) atoms. The number of aryl methyl sites for hydroxylation is 1. The second-order valence-electron chi connectivity index (χ2n) is 4.79. The van der Waals surface area contributed by atoms with Gasteiger partial charge in [0.2, 0.25) is 0 Å². The molecule has 0 saturated carbocycles. The molecule has 0 spiro atoms. The number of nitrogen functional groups attached to an aromatic ring is 1. The minimum atomic E-state index is -0.244. The van der Waals surface area contributed by atoms with E-state index in [0.717, 1.165) is 6.42 Å². The summed E-state index contributed by atoms with van der Waals surface area (Å²) in [5.74, 6) is 1.01. The van der Waals surface area contributed by atoms with E-state index in [1.807, 2.05) is 24.3 Å². The Kier molecular flexibility index (Phi) is 5.25. The van der Waals surface area contributed by atoms with Gasteiger partial charge in [-0.3, -0.25) is 4.79 Å². The molecule has 3 N–H and O–H groups in total. The topological polar surface area (TPSA) is 73.6 Å². The number of anilines is 2. The van der Waals surface area contributed by atoms with Crippen LogP contribution in [0.25, 0.3) is 0 Å². The maximum Gasteiger partial charge on any atom is 0.262 e. The molecule has 5 heteroatoms. The predicted octanol–water partition coefficient (Wildman–Crippen LogP) is 2.86. The van der Waals surface area contributed by atoms with Crippen LogP contribution in [0.2, 0.25) is 0 Å². The molecule has 0 aliphatic heterocycles. The number of amides is 1. The van der Waals surface area contributed by atoms with E-state index in [-0.39, 0.29) is 12.5 Å². The summed E-state index contributed by atoms with van der Waals surface area (Å²) in [6.45, 7) is 2.01. The van der Waals surface area contributed by atoms with E-state index in [9.17, 15) is 4.79 Å². The fourth-order valence-electron chi connectivity index (χ4n) is 2.01. The lowest BCUT2D eigenvalue weighted by Crippen LogP contribution is -2.20. The van der Waals surface area contributed by atoms with E-state index in [1.165, 1.54) is 5.56 Å². The van der Waals surface area contributed by atoms with Crippen molar-refractivity contribution < 1.29 is 14.3 Å². The number of rotatable bonds is 6. The third-order valence-electron chi connectivity index (χ3n) is 3.19. The van der Waals surface area contributed by atoms with Crippen LogP contribution in [0.15, 0.2) is 42.5 Å². The van der Waals surface area contributed by atoms with Crippen LogP contribution in [0.1, 0.15) is 12.5 Å². The van der Waals surface area contributed by atoms with Gasteiger partial charge in [0, 0.05) is 5.69 Å². The van der Waals surface area contributed by atoms with Crippen LogP contribution in [0.3, 0.4) is 0 Å². The summed E-state index contributed by atoms with van der Waals surface area (Å²) in [7, 11) is 1.54. The molecule has 0 radical (unpaired) electrons. The van der Waals surface area contributed by atoms with Crippen molar-refractivity contribution in [3.63, 3.8) is 0 Å². The standard InChI is InChI=1S/C17H20N2O3/c1-3-12-5-4-6-14(9-12)22-11-17(20)19-13-7-8-16(21-2)15(18)10-13/h4-10H,3,11,18H2,1-2H3,(H,19,20). The van der Waals surface area contributed by atoms with Gasteiger partial charge < -0.3 is 20.5 Å². The zero-order chi connectivity index (χ0) is 15.9. The van der Waals surface area contributed by atoms with Crippen LogP contribution < -0.4 is 20.5 Å². The van der Waals surface area contributed by atoms with Gasteiger partial charge in [-0.2, -0.15) is 0 Å². The highest BCUT2D eigenvalue weighted by atomic mass is 16.5. The van der Waals surface area contributed by atoms with E-state index in [4.69, 9.17) is 15.2 Å². The Bertz CT molecular complexity index is 656. The molecule has 0 heterocycles. The predicted molar refractivity (Wildman–Crippen MR) is 87.4 cm³/mol. The summed E-state index contributed by atoms with van der Waals surface area (Å²) in [5, 5.41) is 2.73. The minimum Gasteiger partial charge on any atom is -0.495 e. The zero-order valence-corrected chi connectivity index (χ0v) is 12.8. The van der Waals surface area contributed by atoms with Gasteiger partial charge in [0.15, 0.2) is 6.61 Å². The first-order valence-corrected chi connectivity index (χ1v) is 7.07. The molecule has 5 nitrogen and oxygen atoms in total. The Hall–Kier alpha value is -2.69. The van der Waals surface area contributed by atoms with Crippen LogP contribution >= 0.6 is 0 Å². The van der Waals surface area contributed by atoms with Gasteiger partial charge in [-0.1, -0.05) is 19.1 Å². The Labute approximate surface area is 130 Å². The van der Waals surface area contributed by atoms with Gasteiger partial charge in [0.1, 0.15) is 11.5 Å². The molecule has 0 aliphatic rings. The molecule has 0 fully saturated rings. The number of benzene rings is 2. The monoisotopic (exact) mass is 300 g/mol. The number of carbonyl (C=O) groups is 1. The molecule has 0 bridgehead atoms. The molecule has 0 unspecified atom stereocenters. The fraction of sp³-hybridized carbons (Fsp3) is 0.235. The van der Waals surface area contributed by atoms with E-state index < -0.39 is 0 Å². The Morgan fingerprint density at radius 2 is 2.05 bits per heavy atom. The highest BCUT2D eigenvalue weighted by Gasteiger charge is 2.06. The van der Waals surface area contributed by atoms with Crippen molar-refractivity contribution in [2.45, 2.75) is 13.3 Å². The second-order valence-corrected chi connectivity index (χ2v) is 4.79. The lowest BCUT2D eigenvalue weighted by atomic mass is 10.2. The van der Waals surface area contributed by atoms with Gasteiger partial charge in [-0.05, 0) is 42.3 Å². The number of ether oxygens (including phenoxy) is 2. The van der Waals surface area contributed by atoms with Crippen molar-refractivity contribution in [3.8, 4) is 11.5 Å². The molecule has 0 aliphatic carbocycles. The lowest BCUT2D eigenvalue weighted by Gasteiger charge is -2.10. The fourth-order valence-corrected chi connectivity index (χ4v) is 2.01. The van der Waals surface area contributed by atoms with E-state index in [0.29, 0.717) is 22.9 Å². The molecule has 0 aromatic heterocycles. The molecular formula is C17H20N2O3. The van der Waals surface area contributed by atoms with Crippen molar-refractivity contribution in [1.29, 1.82) is 0 Å². The second kappa shape index (κ2) is 7.36. The first-order chi connectivity index (χ1) is 10.6. The summed E-state index contributed by atoms with van der Waals surface area (Å²) < 4.78 is 10.6. The highest BCUT2D eigenvalue weighted by Crippen LogP contribution is 2.24. The molecule has 0 saturated heterocycles. The van der Waals surface area contributed by atoms with Gasteiger partial charge in [0.25, 0.3) is 5.91 Å². The number of methoxy groups -OCH3 is 1. The summed E-state index contributed by atoms with van der Waals surface area (Å²) >= 11 is 0.